The highest BCUT2D eigenvalue weighted by Gasteiger charge is 2.47. The monoisotopic (exact) mass is 633 g/mol. The van der Waals surface area contributed by atoms with Crippen molar-refractivity contribution in [3.63, 3.8) is 0 Å². The highest BCUT2D eigenvalue weighted by Crippen LogP contribution is 2.57. The molecule has 236 valence electrons. The van der Waals surface area contributed by atoms with Gasteiger partial charge in [0.1, 0.15) is 42.6 Å². The predicted octanol–water partition coefficient (Wildman–Crippen LogP) is -0.342. The molecule has 20 heteroatoms. The van der Waals surface area contributed by atoms with Crippen LogP contribution in [0.4, 0.5) is 11.8 Å². The minimum atomic E-state index is -3.95. The molecule has 0 saturated carbocycles. The number of hydrogen-bond donors (Lipinski definition) is 5. The van der Waals surface area contributed by atoms with E-state index in [2.05, 4.69) is 29.9 Å². The van der Waals surface area contributed by atoms with E-state index in [0.717, 1.165) is 12.8 Å². The van der Waals surface area contributed by atoms with E-state index in [-0.39, 0.29) is 42.4 Å². The minimum absolute atomic E-state index is 0.0793. The summed E-state index contributed by atoms with van der Waals surface area (Å²) in [5, 5.41) is 21.0. The third kappa shape index (κ3) is 5.14. The Morgan fingerprint density at radius 3 is 2.48 bits per heavy atom. The first-order chi connectivity index (χ1) is 21.2. The van der Waals surface area contributed by atoms with E-state index in [4.69, 9.17) is 30.0 Å². The van der Waals surface area contributed by atoms with Crippen molar-refractivity contribution in [2.45, 2.75) is 62.6 Å². The van der Waals surface area contributed by atoms with Gasteiger partial charge in [0.05, 0.1) is 32.0 Å². The van der Waals surface area contributed by atoms with Crippen LogP contribution in [0.1, 0.15) is 38.1 Å². The van der Waals surface area contributed by atoms with Crippen molar-refractivity contribution in [3.05, 3.63) is 29.3 Å². The molecule has 7 N–H and O–H groups in total. The summed E-state index contributed by atoms with van der Waals surface area (Å²) in [6.45, 7) is 0.328. The van der Waals surface area contributed by atoms with Crippen LogP contribution in [0, 0.1) is 0 Å². The van der Waals surface area contributed by atoms with E-state index in [1.54, 1.807) is 9.24 Å². The van der Waals surface area contributed by atoms with Crippen molar-refractivity contribution in [3.8, 4) is 0 Å². The Bertz CT molecular complexity index is 1770. The fraction of sp³-hybridized carbons (Fsp3) is 0.583. The second-order valence-electron chi connectivity index (χ2n) is 10.9. The number of fused-ring (bicyclic) bond motifs is 2. The zero-order valence-electron chi connectivity index (χ0n) is 23.4. The van der Waals surface area contributed by atoms with Crippen LogP contribution in [0.2, 0.25) is 0 Å². The molecule has 7 rings (SSSR count). The molecule has 3 saturated heterocycles. The molecule has 1 unspecified atom stereocenters. The number of aromatic nitrogens is 8. The fourth-order valence-electron chi connectivity index (χ4n) is 5.88. The van der Waals surface area contributed by atoms with Gasteiger partial charge in [0.2, 0.25) is 5.95 Å². The van der Waals surface area contributed by atoms with Crippen LogP contribution >= 0.6 is 7.75 Å². The molecule has 4 aromatic heterocycles. The van der Waals surface area contributed by atoms with Crippen LogP contribution in [-0.4, -0.2) is 105 Å². The fourth-order valence-corrected chi connectivity index (χ4v) is 7.91. The molecule has 3 aliphatic heterocycles. The maximum absolute atomic E-state index is 14.4. The second-order valence-corrected chi connectivity index (χ2v) is 12.9. The number of nitrogens with zero attached hydrogens (tertiary/aromatic N) is 8. The van der Waals surface area contributed by atoms with Gasteiger partial charge in [-0.3, -0.25) is 28.0 Å². The molecule has 0 radical (unpaired) electrons. The van der Waals surface area contributed by atoms with Gasteiger partial charge in [-0.05, 0) is 12.8 Å². The predicted molar refractivity (Wildman–Crippen MR) is 152 cm³/mol. The Labute approximate surface area is 248 Å². The van der Waals surface area contributed by atoms with Crippen LogP contribution in [0.15, 0.2) is 23.8 Å². The lowest BCUT2D eigenvalue weighted by atomic mass is 10.2. The molecule has 4 aromatic rings. The number of anilines is 2. The molecule has 0 aliphatic carbocycles. The second kappa shape index (κ2) is 11.4. The SMILES string of the molecule is Nc1nc2c(ncn2[C@H]2C[C@H](O)[C@@H](COP(=O)(O[C@H]3C[C@H](n4cnc5c(N)ncnc54)O[C@@H]3CO)N3CCCC3)O2)c(=O)[nH]1. The molecule has 19 nitrogen and oxygen atoms in total. The van der Waals surface area contributed by atoms with Gasteiger partial charge in [-0.15, -0.1) is 0 Å². The lowest BCUT2D eigenvalue weighted by Gasteiger charge is -2.30. The molecule has 0 amide bonds. The number of aliphatic hydroxyl groups is 2. The highest BCUT2D eigenvalue weighted by atomic mass is 31.2. The Morgan fingerprint density at radius 2 is 1.70 bits per heavy atom. The first-order valence-corrected chi connectivity index (χ1v) is 15.7. The van der Waals surface area contributed by atoms with Gasteiger partial charge in [-0.25, -0.2) is 29.2 Å². The lowest BCUT2D eigenvalue weighted by Crippen LogP contribution is -2.32. The molecule has 7 atom stereocenters. The molecule has 44 heavy (non-hydrogen) atoms. The molecule has 0 spiro atoms. The van der Waals surface area contributed by atoms with Crippen molar-refractivity contribution in [1.29, 1.82) is 0 Å². The molecular formula is C24H32N11O8P. The molecule has 0 aromatic carbocycles. The average molecular weight is 634 g/mol. The number of H-pyrrole nitrogens is 1. The number of nitrogens with two attached hydrogens (primary N) is 2. The summed E-state index contributed by atoms with van der Waals surface area (Å²) in [6.07, 6.45) is 1.36. The van der Waals surface area contributed by atoms with Gasteiger partial charge in [-0.2, -0.15) is 4.98 Å². The molecule has 7 heterocycles. The van der Waals surface area contributed by atoms with Gasteiger partial charge in [0.15, 0.2) is 22.6 Å². The molecular weight excluding hydrogens is 601 g/mol. The highest BCUT2D eigenvalue weighted by molar-refractivity contribution is 7.51. The van der Waals surface area contributed by atoms with Gasteiger partial charge in [0, 0.05) is 25.9 Å². The zero-order valence-corrected chi connectivity index (χ0v) is 24.3. The zero-order chi connectivity index (χ0) is 30.6. The molecule has 0 bridgehead atoms. The Balaban J connectivity index is 1.07. The quantitative estimate of drug-likeness (QED) is 0.148. The third-order valence-corrected chi connectivity index (χ3v) is 10.2. The summed E-state index contributed by atoms with van der Waals surface area (Å²) in [6, 6.07) is 0. The minimum Gasteiger partial charge on any atom is -0.394 e. The summed E-state index contributed by atoms with van der Waals surface area (Å²) in [4.78, 5) is 35.3. The van der Waals surface area contributed by atoms with Crippen LogP contribution in [-0.2, 0) is 23.1 Å². The number of ether oxygens (including phenoxy) is 2. The number of nitrogen functional groups attached to an aromatic ring is 2. The molecule has 3 fully saturated rings. The number of aromatic amines is 1. The number of hydrogen-bond acceptors (Lipinski definition) is 15. The summed E-state index contributed by atoms with van der Waals surface area (Å²) < 4.78 is 43.5. The average Bonchev–Trinajstić information content (AvgIpc) is 3.82. The molecule has 3 aliphatic rings. The summed E-state index contributed by atoms with van der Waals surface area (Å²) in [5.41, 5.74) is 12.3. The van der Waals surface area contributed by atoms with Crippen LogP contribution in [0.25, 0.3) is 22.3 Å². The smallest absolute Gasteiger partial charge is 0.394 e. The van der Waals surface area contributed by atoms with Gasteiger partial charge in [0.25, 0.3) is 5.56 Å². The van der Waals surface area contributed by atoms with Gasteiger partial charge >= 0.3 is 7.75 Å². The van der Waals surface area contributed by atoms with E-state index < -0.39 is 56.8 Å². The first kappa shape index (κ1) is 29.2. The normalized spacial score (nSPS) is 29.2. The third-order valence-electron chi connectivity index (χ3n) is 8.12. The maximum atomic E-state index is 14.4. The van der Waals surface area contributed by atoms with E-state index in [0.29, 0.717) is 24.3 Å². The number of imidazole rings is 2. The summed E-state index contributed by atoms with van der Waals surface area (Å²) in [7, 11) is -3.95. The summed E-state index contributed by atoms with van der Waals surface area (Å²) in [5.74, 6) is 0.142. The first-order valence-electron chi connectivity index (χ1n) is 14.2. The van der Waals surface area contributed by atoms with Crippen LogP contribution < -0.4 is 17.0 Å². The number of nitrogens with one attached hydrogen (secondary N) is 1. The number of aliphatic hydroxyl groups excluding tert-OH is 2. The van der Waals surface area contributed by atoms with E-state index in [1.165, 1.54) is 23.5 Å². The van der Waals surface area contributed by atoms with Crippen molar-refractivity contribution in [2.75, 3.05) is 37.8 Å². The lowest BCUT2D eigenvalue weighted by molar-refractivity contribution is -0.0534. The van der Waals surface area contributed by atoms with Crippen molar-refractivity contribution in [1.82, 2.24) is 43.7 Å². The largest absolute Gasteiger partial charge is 0.408 e. The number of rotatable bonds is 9. The van der Waals surface area contributed by atoms with Crippen molar-refractivity contribution >= 4 is 41.8 Å². The van der Waals surface area contributed by atoms with Crippen LogP contribution in [0.3, 0.4) is 0 Å². The Kier molecular flexibility index (Phi) is 7.58. The topological polar surface area (TPSA) is 257 Å². The van der Waals surface area contributed by atoms with E-state index in [9.17, 15) is 19.6 Å². The van der Waals surface area contributed by atoms with Gasteiger partial charge in [-0.1, -0.05) is 0 Å². The van der Waals surface area contributed by atoms with Crippen molar-refractivity contribution < 1.29 is 33.3 Å². The van der Waals surface area contributed by atoms with E-state index >= 15 is 0 Å². The summed E-state index contributed by atoms with van der Waals surface area (Å²) >= 11 is 0. The standard InChI is InChI=1S/C24H32N11O8P/c25-20-18-21(28-9-27-20)34(10-29-18)17-6-13(14(7-36)41-17)43-44(39,33-3-1-2-4-33)40-8-15-12(37)5-16(42-15)35-11-30-19-22(35)31-24(26)32-23(19)38/h9-17,36-37H,1-8H2,(H2,25,27,28)(H3,26,31,32,38)/t12-,13-,14+,15+,16+,17+,44?/m0/s1. The van der Waals surface area contributed by atoms with Gasteiger partial charge < -0.3 is 31.2 Å². The van der Waals surface area contributed by atoms with E-state index in [1.807, 2.05) is 0 Å². The maximum Gasteiger partial charge on any atom is 0.408 e. The Morgan fingerprint density at radius 1 is 1.00 bits per heavy atom. The van der Waals surface area contributed by atoms with Crippen LogP contribution in [0.5, 0.6) is 0 Å². The Hall–Kier alpha value is -3.55. The van der Waals surface area contributed by atoms with Crippen molar-refractivity contribution in [2.24, 2.45) is 0 Å².